The fourth-order valence-corrected chi connectivity index (χ4v) is 7.20. The van der Waals surface area contributed by atoms with Crippen molar-refractivity contribution in [2.75, 3.05) is 0 Å². The van der Waals surface area contributed by atoms with Gasteiger partial charge in [-0.15, -0.1) is 0 Å². The zero-order valence-corrected chi connectivity index (χ0v) is 24.3. The molecule has 2 aromatic heterocycles. The normalized spacial score (nSPS) is 13.1. The maximum absolute atomic E-state index is 6.62. The molecule has 210 valence electrons. The molecule has 0 radical (unpaired) electrons. The molecule has 0 fully saturated rings. The average Bonchev–Trinajstić information content (AvgIpc) is 3.64. The highest BCUT2D eigenvalue weighted by Crippen LogP contribution is 2.50. The zero-order chi connectivity index (χ0) is 29.5. The number of hydrogen-bond acceptors (Lipinski definition) is 4. The molecule has 10 rings (SSSR count). The summed E-state index contributed by atoms with van der Waals surface area (Å²) in [4.78, 5) is 15.0. The van der Waals surface area contributed by atoms with Gasteiger partial charge in [0.2, 0.25) is 0 Å². The number of aryl methyl sites for hydroxylation is 1. The Morgan fingerprint density at radius 3 is 2.04 bits per heavy atom. The van der Waals surface area contributed by atoms with Crippen LogP contribution in [0.1, 0.15) is 17.5 Å². The van der Waals surface area contributed by atoms with E-state index in [4.69, 9.17) is 19.4 Å². The summed E-state index contributed by atoms with van der Waals surface area (Å²) < 4.78 is 6.62. The van der Waals surface area contributed by atoms with Gasteiger partial charge in [0.05, 0.1) is 0 Å². The molecule has 0 saturated heterocycles. The summed E-state index contributed by atoms with van der Waals surface area (Å²) in [5.41, 5.74) is 12.2. The lowest BCUT2D eigenvalue weighted by molar-refractivity contribution is 0.669. The third-order valence-corrected chi connectivity index (χ3v) is 9.31. The maximum Gasteiger partial charge on any atom is 0.164 e. The Kier molecular flexibility index (Phi) is 5.08. The second-order valence-corrected chi connectivity index (χ2v) is 11.9. The Balaban J connectivity index is 1.16. The number of hydrogen-bond donors (Lipinski definition) is 0. The quantitative estimate of drug-likeness (QED) is 0.210. The van der Waals surface area contributed by atoms with Crippen LogP contribution in [-0.4, -0.2) is 15.0 Å². The molecule has 0 bridgehead atoms. The van der Waals surface area contributed by atoms with Crippen molar-refractivity contribution in [1.82, 2.24) is 15.0 Å². The molecule has 4 heteroatoms. The van der Waals surface area contributed by atoms with Crippen molar-refractivity contribution >= 4 is 38.8 Å². The molecular weight excluding hydrogens is 550 g/mol. The number of rotatable bonds is 3. The van der Waals surface area contributed by atoms with Crippen LogP contribution >= 0.6 is 0 Å². The summed E-state index contributed by atoms with van der Waals surface area (Å²) in [6, 6.07) is 40.5. The Labute approximate surface area is 259 Å². The van der Waals surface area contributed by atoms with E-state index in [0.717, 1.165) is 51.5 Å². The molecule has 0 N–H and O–H groups in total. The Bertz CT molecular complexity index is 2540. The number of aromatic nitrogens is 3. The van der Waals surface area contributed by atoms with E-state index in [1.165, 1.54) is 44.2 Å². The summed E-state index contributed by atoms with van der Waals surface area (Å²) in [5, 5.41) is 4.76. The Morgan fingerprint density at radius 1 is 0.489 bits per heavy atom. The molecule has 8 aromatic rings. The number of nitrogens with zero attached hydrogens (tertiary/aromatic N) is 3. The van der Waals surface area contributed by atoms with Crippen molar-refractivity contribution in [3.05, 3.63) is 132 Å². The molecule has 0 unspecified atom stereocenters. The van der Waals surface area contributed by atoms with Crippen molar-refractivity contribution in [1.29, 1.82) is 0 Å². The highest BCUT2D eigenvalue weighted by Gasteiger charge is 2.24. The molecular formula is C41H25N3O. The SMILES string of the molecule is C1=Cc2ccc(-c3nc(-c4ccccc4)nc(-c4ccc5c(c4)oc4cc6c7c(cccc7c45)-c4ccccc4-6)n3)cc2CC1. The van der Waals surface area contributed by atoms with E-state index in [-0.39, 0.29) is 0 Å². The smallest absolute Gasteiger partial charge is 0.164 e. The minimum atomic E-state index is 0.627. The molecule has 4 nitrogen and oxygen atoms in total. The lowest BCUT2D eigenvalue weighted by atomic mass is 9.95. The van der Waals surface area contributed by atoms with Crippen molar-refractivity contribution in [2.24, 2.45) is 0 Å². The lowest BCUT2D eigenvalue weighted by Gasteiger charge is -2.13. The van der Waals surface area contributed by atoms with Gasteiger partial charge in [-0.1, -0.05) is 103 Å². The van der Waals surface area contributed by atoms with E-state index < -0.39 is 0 Å². The van der Waals surface area contributed by atoms with E-state index in [2.05, 4.69) is 97.1 Å². The van der Waals surface area contributed by atoms with E-state index in [9.17, 15) is 0 Å². The van der Waals surface area contributed by atoms with Crippen LogP contribution in [-0.2, 0) is 6.42 Å². The summed E-state index contributed by atoms with van der Waals surface area (Å²) >= 11 is 0. The molecule has 0 spiro atoms. The first-order chi connectivity index (χ1) is 22.3. The minimum Gasteiger partial charge on any atom is -0.456 e. The first-order valence-electron chi connectivity index (χ1n) is 15.4. The van der Waals surface area contributed by atoms with Gasteiger partial charge in [0.1, 0.15) is 11.2 Å². The van der Waals surface area contributed by atoms with Gasteiger partial charge < -0.3 is 4.42 Å². The highest BCUT2D eigenvalue weighted by molar-refractivity contribution is 6.28. The second kappa shape index (κ2) is 9.31. The van der Waals surface area contributed by atoms with Crippen LogP contribution in [0, 0.1) is 0 Å². The summed E-state index contributed by atoms with van der Waals surface area (Å²) in [6.45, 7) is 0. The zero-order valence-electron chi connectivity index (χ0n) is 24.3. The van der Waals surface area contributed by atoms with Gasteiger partial charge in [-0.25, -0.2) is 15.0 Å². The fraction of sp³-hybridized carbons (Fsp3) is 0.0488. The second-order valence-electron chi connectivity index (χ2n) is 11.9. The monoisotopic (exact) mass is 575 g/mol. The predicted octanol–water partition coefficient (Wildman–Crippen LogP) is 10.5. The van der Waals surface area contributed by atoms with Crippen LogP contribution in [0.15, 0.2) is 126 Å². The van der Waals surface area contributed by atoms with Gasteiger partial charge in [-0.05, 0) is 81.3 Å². The summed E-state index contributed by atoms with van der Waals surface area (Å²) in [5.74, 6) is 1.95. The van der Waals surface area contributed by atoms with E-state index in [1.54, 1.807) is 0 Å². The van der Waals surface area contributed by atoms with Crippen molar-refractivity contribution in [3.63, 3.8) is 0 Å². The number of furan rings is 1. The summed E-state index contributed by atoms with van der Waals surface area (Å²) in [7, 11) is 0. The van der Waals surface area contributed by atoms with Gasteiger partial charge in [-0.3, -0.25) is 0 Å². The van der Waals surface area contributed by atoms with Crippen molar-refractivity contribution < 1.29 is 4.42 Å². The largest absolute Gasteiger partial charge is 0.456 e. The van der Waals surface area contributed by atoms with Gasteiger partial charge in [0, 0.05) is 27.5 Å². The standard InChI is InChI=1S/C41H25N3O/c1-2-10-25(11-3-1)39-42-40(27-18-17-24-9-4-5-12-26(24)21-27)44-41(43-39)28-19-20-32-35(22-28)45-36-23-34-30-14-7-6-13-29(30)31-15-8-16-33(37(31)34)38(32)36/h1-4,6-11,13-23H,5,12H2. The van der Waals surface area contributed by atoms with Crippen LogP contribution in [0.4, 0.5) is 0 Å². The van der Waals surface area contributed by atoms with Crippen molar-refractivity contribution in [2.45, 2.75) is 12.8 Å². The topological polar surface area (TPSA) is 51.8 Å². The number of allylic oxidation sites excluding steroid dienone is 1. The molecule has 0 amide bonds. The third kappa shape index (κ3) is 3.69. The minimum absolute atomic E-state index is 0.627. The number of benzene rings is 6. The molecule has 0 aliphatic heterocycles. The fourth-order valence-electron chi connectivity index (χ4n) is 7.20. The number of fused-ring (bicyclic) bond motifs is 8. The molecule has 6 aromatic carbocycles. The molecule has 0 atom stereocenters. The van der Waals surface area contributed by atoms with E-state index in [1.807, 2.05) is 30.3 Å². The van der Waals surface area contributed by atoms with E-state index >= 15 is 0 Å². The van der Waals surface area contributed by atoms with Crippen LogP contribution in [0.3, 0.4) is 0 Å². The Hall–Kier alpha value is -5.87. The first-order valence-corrected chi connectivity index (χ1v) is 15.4. The molecule has 2 heterocycles. The summed E-state index contributed by atoms with van der Waals surface area (Å²) in [6.07, 6.45) is 6.51. The lowest BCUT2D eigenvalue weighted by Crippen LogP contribution is -2.01. The average molecular weight is 576 g/mol. The van der Waals surface area contributed by atoms with E-state index in [0.29, 0.717) is 17.5 Å². The molecule has 2 aliphatic rings. The van der Waals surface area contributed by atoms with Crippen LogP contribution < -0.4 is 0 Å². The molecule has 2 aliphatic carbocycles. The maximum atomic E-state index is 6.62. The third-order valence-electron chi connectivity index (χ3n) is 9.31. The van der Waals surface area contributed by atoms with Crippen LogP contribution in [0.2, 0.25) is 0 Å². The Morgan fingerprint density at radius 2 is 1.20 bits per heavy atom. The van der Waals surface area contributed by atoms with Gasteiger partial charge in [-0.2, -0.15) is 0 Å². The highest BCUT2D eigenvalue weighted by atomic mass is 16.3. The molecule has 45 heavy (non-hydrogen) atoms. The first kappa shape index (κ1) is 24.6. The predicted molar refractivity (Wildman–Crippen MR) is 183 cm³/mol. The molecule has 0 saturated carbocycles. The van der Waals surface area contributed by atoms with Gasteiger partial charge in [0.25, 0.3) is 0 Å². The van der Waals surface area contributed by atoms with Crippen LogP contribution in [0.25, 0.3) is 95.2 Å². The van der Waals surface area contributed by atoms with Gasteiger partial charge >= 0.3 is 0 Å². The van der Waals surface area contributed by atoms with Crippen LogP contribution in [0.5, 0.6) is 0 Å². The van der Waals surface area contributed by atoms with Gasteiger partial charge in [0.15, 0.2) is 17.5 Å². The van der Waals surface area contributed by atoms with Crippen molar-refractivity contribution in [3.8, 4) is 56.4 Å².